The van der Waals surface area contributed by atoms with Crippen LogP contribution in [0.15, 0.2) is 72.1 Å². The maximum atomic E-state index is 12.6. The largest absolute Gasteiger partial charge is 0.337 e. The van der Waals surface area contributed by atoms with Crippen molar-refractivity contribution in [2.75, 3.05) is 12.8 Å². The Balaban J connectivity index is 2.13. The lowest BCUT2D eigenvalue weighted by atomic mass is 10.1. The molecule has 0 saturated heterocycles. The summed E-state index contributed by atoms with van der Waals surface area (Å²) >= 11 is 1.63. The Morgan fingerprint density at radius 2 is 1.81 bits per heavy atom. The zero-order valence-electron chi connectivity index (χ0n) is 12.2. The van der Waals surface area contributed by atoms with Crippen molar-refractivity contribution in [1.29, 1.82) is 0 Å². The van der Waals surface area contributed by atoms with Gasteiger partial charge in [0.1, 0.15) is 0 Å². The third kappa shape index (κ3) is 4.23. The number of carbonyl (C=O) groups excluding carboxylic acids is 1. The lowest BCUT2D eigenvalue weighted by Crippen LogP contribution is -2.26. The first kappa shape index (κ1) is 15.4. The smallest absolute Gasteiger partial charge is 0.255 e. The first-order valence-corrected chi connectivity index (χ1v) is 7.83. The molecule has 21 heavy (non-hydrogen) atoms. The molecule has 0 saturated carbocycles. The molecule has 3 heteroatoms. The van der Waals surface area contributed by atoms with Gasteiger partial charge in [0.15, 0.2) is 0 Å². The fourth-order valence-corrected chi connectivity index (χ4v) is 2.84. The summed E-state index contributed by atoms with van der Waals surface area (Å²) in [6.45, 7) is 4.34. The van der Waals surface area contributed by atoms with Crippen molar-refractivity contribution in [3.8, 4) is 0 Å². The Morgan fingerprint density at radius 3 is 2.52 bits per heavy atom. The summed E-state index contributed by atoms with van der Waals surface area (Å²) in [5.74, 6) is 0.846. The summed E-state index contributed by atoms with van der Waals surface area (Å²) in [6, 6.07) is 17.7. The van der Waals surface area contributed by atoms with Gasteiger partial charge in [-0.3, -0.25) is 4.79 Å². The van der Waals surface area contributed by atoms with Gasteiger partial charge in [0.25, 0.3) is 5.91 Å². The lowest BCUT2D eigenvalue weighted by Gasteiger charge is -2.19. The first-order valence-electron chi connectivity index (χ1n) is 6.84. The van der Waals surface area contributed by atoms with E-state index >= 15 is 0 Å². The maximum Gasteiger partial charge on any atom is 0.255 e. The van der Waals surface area contributed by atoms with Gasteiger partial charge in [0, 0.05) is 24.2 Å². The van der Waals surface area contributed by atoms with Crippen molar-refractivity contribution in [2.45, 2.75) is 11.4 Å². The van der Waals surface area contributed by atoms with Gasteiger partial charge in [-0.2, -0.15) is 0 Å². The van der Waals surface area contributed by atoms with Gasteiger partial charge < -0.3 is 4.90 Å². The van der Waals surface area contributed by atoms with Crippen molar-refractivity contribution in [2.24, 2.45) is 0 Å². The van der Waals surface area contributed by atoms with E-state index in [1.165, 1.54) is 0 Å². The Hall–Kier alpha value is -2.00. The SMILES string of the molecule is C=CCSc1ccccc1C(=O)N(C)Cc1ccccc1. The van der Waals surface area contributed by atoms with Crippen molar-refractivity contribution < 1.29 is 4.79 Å². The average molecular weight is 297 g/mol. The van der Waals surface area contributed by atoms with Crippen LogP contribution in [0.4, 0.5) is 0 Å². The highest BCUT2D eigenvalue weighted by Crippen LogP contribution is 2.24. The molecule has 0 unspecified atom stereocenters. The van der Waals surface area contributed by atoms with Crippen molar-refractivity contribution >= 4 is 17.7 Å². The van der Waals surface area contributed by atoms with Crippen LogP contribution >= 0.6 is 11.8 Å². The van der Waals surface area contributed by atoms with Crippen LogP contribution in [0.3, 0.4) is 0 Å². The second-order valence-electron chi connectivity index (χ2n) is 4.74. The van der Waals surface area contributed by atoms with E-state index in [4.69, 9.17) is 0 Å². The van der Waals surface area contributed by atoms with E-state index in [-0.39, 0.29) is 5.91 Å². The molecule has 0 aliphatic heterocycles. The van der Waals surface area contributed by atoms with Gasteiger partial charge in [0.05, 0.1) is 5.56 Å². The monoisotopic (exact) mass is 297 g/mol. The maximum absolute atomic E-state index is 12.6. The van der Waals surface area contributed by atoms with Crippen LogP contribution < -0.4 is 0 Å². The number of rotatable bonds is 6. The Labute approximate surface area is 130 Å². The molecule has 0 aliphatic rings. The molecule has 0 N–H and O–H groups in total. The van der Waals surface area contributed by atoms with Crippen LogP contribution in [0.2, 0.25) is 0 Å². The molecule has 0 aliphatic carbocycles. The summed E-state index contributed by atoms with van der Waals surface area (Å²) in [7, 11) is 1.84. The van der Waals surface area contributed by atoms with Crippen LogP contribution in [0.5, 0.6) is 0 Å². The number of thioether (sulfide) groups is 1. The van der Waals surface area contributed by atoms with Gasteiger partial charge in [-0.1, -0.05) is 48.5 Å². The molecular formula is C18H19NOS. The molecule has 0 atom stereocenters. The molecule has 0 radical (unpaired) electrons. The Morgan fingerprint density at radius 1 is 1.14 bits per heavy atom. The van der Waals surface area contributed by atoms with E-state index in [2.05, 4.69) is 6.58 Å². The van der Waals surface area contributed by atoms with Crippen LogP contribution in [-0.2, 0) is 6.54 Å². The quantitative estimate of drug-likeness (QED) is 0.587. The van der Waals surface area contributed by atoms with Gasteiger partial charge in [-0.05, 0) is 17.7 Å². The van der Waals surface area contributed by atoms with Gasteiger partial charge in [-0.15, -0.1) is 18.3 Å². The topological polar surface area (TPSA) is 20.3 Å². The van der Waals surface area contributed by atoms with E-state index in [0.717, 1.165) is 21.8 Å². The summed E-state index contributed by atoms with van der Waals surface area (Å²) in [4.78, 5) is 15.4. The number of benzene rings is 2. The third-order valence-electron chi connectivity index (χ3n) is 3.08. The highest BCUT2D eigenvalue weighted by molar-refractivity contribution is 7.99. The minimum Gasteiger partial charge on any atom is -0.337 e. The number of nitrogens with zero attached hydrogens (tertiary/aromatic N) is 1. The summed E-state index contributed by atoms with van der Waals surface area (Å²) in [5, 5.41) is 0. The molecule has 0 bridgehead atoms. The highest BCUT2D eigenvalue weighted by atomic mass is 32.2. The van der Waals surface area contributed by atoms with Crippen molar-refractivity contribution in [1.82, 2.24) is 4.90 Å². The Kier molecular flexibility index (Phi) is 5.64. The number of amides is 1. The van der Waals surface area contributed by atoms with Gasteiger partial charge >= 0.3 is 0 Å². The van der Waals surface area contributed by atoms with E-state index in [1.54, 1.807) is 16.7 Å². The van der Waals surface area contributed by atoms with E-state index in [1.807, 2.05) is 67.7 Å². The summed E-state index contributed by atoms with van der Waals surface area (Å²) in [5.41, 5.74) is 1.88. The first-order chi connectivity index (χ1) is 10.2. The van der Waals surface area contributed by atoms with E-state index < -0.39 is 0 Å². The van der Waals surface area contributed by atoms with Crippen LogP contribution in [0.1, 0.15) is 15.9 Å². The molecule has 2 aromatic rings. The second-order valence-corrected chi connectivity index (χ2v) is 5.80. The van der Waals surface area contributed by atoms with E-state index in [9.17, 15) is 4.79 Å². The summed E-state index contributed by atoms with van der Waals surface area (Å²) < 4.78 is 0. The predicted molar refractivity (Wildman–Crippen MR) is 89.6 cm³/mol. The average Bonchev–Trinajstić information content (AvgIpc) is 2.53. The van der Waals surface area contributed by atoms with Crippen molar-refractivity contribution in [3.05, 3.63) is 78.4 Å². The van der Waals surface area contributed by atoms with Gasteiger partial charge in [0.2, 0.25) is 0 Å². The normalized spacial score (nSPS) is 10.1. The number of hydrogen-bond acceptors (Lipinski definition) is 2. The molecule has 0 aromatic heterocycles. The van der Waals surface area contributed by atoms with Crippen LogP contribution in [0.25, 0.3) is 0 Å². The zero-order valence-corrected chi connectivity index (χ0v) is 13.0. The minimum atomic E-state index is 0.0472. The van der Waals surface area contributed by atoms with E-state index in [0.29, 0.717) is 6.54 Å². The molecule has 1 amide bonds. The highest BCUT2D eigenvalue weighted by Gasteiger charge is 2.15. The third-order valence-corrected chi connectivity index (χ3v) is 4.15. The molecule has 0 spiro atoms. The lowest BCUT2D eigenvalue weighted by molar-refractivity contribution is 0.0781. The number of hydrogen-bond donors (Lipinski definition) is 0. The zero-order chi connectivity index (χ0) is 15.1. The molecule has 2 nitrogen and oxygen atoms in total. The second kappa shape index (κ2) is 7.70. The van der Waals surface area contributed by atoms with Gasteiger partial charge in [-0.25, -0.2) is 0 Å². The molecule has 0 heterocycles. The fourth-order valence-electron chi connectivity index (χ4n) is 2.05. The summed E-state index contributed by atoms with van der Waals surface area (Å²) in [6.07, 6.45) is 1.85. The van der Waals surface area contributed by atoms with Crippen LogP contribution in [0, 0.1) is 0 Å². The standard InChI is InChI=1S/C18H19NOS/c1-3-13-21-17-12-8-7-11-16(17)18(20)19(2)14-15-9-5-4-6-10-15/h3-12H,1,13-14H2,2H3. The minimum absolute atomic E-state index is 0.0472. The fraction of sp³-hybridized carbons (Fsp3) is 0.167. The molecular weight excluding hydrogens is 278 g/mol. The molecule has 2 rings (SSSR count). The molecule has 108 valence electrons. The van der Waals surface area contributed by atoms with Crippen LogP contribution in [-0.4, -0.2) is 23.6 Å². The number of carbonyl (C=O) groups is 1. The van der Waals surface area contributed by atoms with Crippen molar-refractivity contribution in [3.63, 3.8) is 0 Å². The molecule has 0 fully saturated rings. The predicted octanol–water partition coefficient (Wildman–Crippen LogP) is 4.24. The molecule has 2 aromatic carbocycles. The Bertz CT molecular complexity index is 610.